The van der Waals surface area contributed by atoms with Crippen LogP contribution in [0.3, 0.4) is 0 Å². The van der Waals surface area contributed by atoms with Crippen LogP contribution < -0.4 is 5.32 Å². The predicted octanol–water partition coefficient (Wildman–Crippen LogP) is 1.94. The van der Waals surface area contributed by atoms with Gasteiger partial charge in [0.25, 0.3) is 0 Å². The highest BCUT2D eigenvalue weighted by atomic mass is 16.5. The predicted molar refractivity (Wildman–Crippen MR) is 62.3 cm³/mol. The highest BCUT2D eigenvalue weighted by molar-refractivity contribution is 5.79. The summed E-state index contributed by atoms with van der Waals surface area (Å²) in [6.45, 7) is 6.24. The van der Waals surface area contributed by atoms with Crippen LogP contribution in [0.4, 0.5) is 4.79 Å². The summed E-state index contributed by atoms with van der Waals surface area (Å²) in [5.41, 5.74) is 0.864. The van der Waals surface area contributed by atoms with Crippen LogP contribution in [0, 0.1) is 0 Å². The van der Waals surface area contributed by atoms with Crippen molar-refractivity contribution in [3.8, 4) is 0 Å². The van der Waals surface area contributed by atoms with Crippen molar-refractivity contribution in [3.05, 3.63) is 24.3 Å². The standard InChI is InChI=1S/C11H18N2O2/c1-4-6-7-10(8-12-3)9-15-11(14)13-5-2/h4,7-8H,1,5-6,9H2,2-3H3,(H,13,14). The van der Waals surface area contributed by atoms with Crippen molar-refractivity contribution in [3.63, 3.8) is 0 Å². The molecule has 0 aliphatic heterocycles. The smallest absolute Gasteiger partial charge is 0.407 e. The lowest BCUT2D eigenvalue weighted by Crippen LogP contribution is -2.24. The molecule has 0 unspecified atom stereocenters. The molecule has 0 aromatic rings. The van der Waals surface area contributed by atoms with Gasteiger partial charge in [-0.2, -0.15) is 0 Å². The van der Waals surface area contributed by atoms with Crippen LogP contribution >= 0.6 is 0 Å². The van der Waals surface area contributed by atoms with E-state index >= 15 is 0 Å². The average molecular weight is 210 g/mol. The maximum atomic E-state index is 11.0. The molecule has 0 bridgehead atoms. The molecule has 0 radical (unpaired) electrons. The second-order valence-electron chi connectivity index (χ2n) is 2.80. The number of aliphatic imine (C=N–C) groups is 1. The molecule has 0 saturated heterocycles. The molecule has 0 heterocycles. The Labute approximate surface area is 90.7 Å². The number of nitrogens with zero attached hydrogens (tertiary/aromatic N) is 1. The van der Waals surface area contributed by atoms with E-state index in [1.54, 1.807) is 19.3 Å². The van der Waals surface area contributed by atoms with Gasteiger partial charge in [0.1, 0.15) is 6.61 Å². The zero-order valence-electron chi connectivity index (χ0n) is 9.32. The van der Waals surface area contributed by atoms with Crippen LogP contribution in [0.2, 0.25) is 0 Å². The van der Waals surface area contributed by atoms with Crippen LogP contribution in [-0.4, -0.2) is 32.5 Å². The summed E-state index contributed by atoms with van der Waals surface area (Å²) in [7, 11) is 1.67. The number of ether oxygens (including phenoxy) is 1. The molecule has 4 nitrogen and oxygen atoms in total. The molecule has 1 N–H and O–H groups in total. The van der Waals surface area contributed by atoms with Crippen LogP contribution in [0.1, 0.15) is 13.3 Å². The van der Waals surface area contributed by atoms with E-state index in [1.165, 1.54) is 0 Å². The molecular weight excluding hydrogens is 192 g/mol. The number of carbonyl (C=O) groups is 1. The molecule has 0 aromatic heterocycles. The minimum absolute atomic E-state index is 0.233. The molecule has 0 fully saturated rings. The first-order chi connectivity index (χ1) is 7.24. The Morgan fingerprint density at radius 2 is 2.33 bits per heavy atom. The molecular formula is C11H18N2O2. The van der Waals surface area contributed by atoms with Crippen molar-refractivity contribution < 1.29 is 9.53 Å². The zero-order chi connectivity index (χ0) is 11.5. The fourth-order valence-electron chi connectivity index (χ4n) is 0.894. The summed E-state index contributed by atoms with van der Waals surface area (Å²) in [6.07, 6.45) is 5.68. The Hall–Kier alpha value is -1.58. The Kier molecular flexibility index (Phi) is 8.05. The highest BCUT2D eigenvalue weighted by Crippen LogP contribution is 1.96. The molecule has 0 rings (SSSR count). The SMILES string of the molecule is C=CCC=C(C=NC)COC(=O)NCC. The first-order valence-electron chi connectivity index (χ1n) is 4.87. The van der Waals surface area contributed by atoms with Gasteiger partial charge in [0.15, 0.2) is 0 Å². The number of allylic oxidation sites excluding steroid dienone is 2. The number of rotatable bonds is 6. The van der Waals surface area contributed by atoms with E-state index < -0.39 is 6.09 Å². The number of nitrogens with one attached hydrogen (secondary N) is 1. The van der Waals surface area contributed by atoms with Gasteiger partial charge in [0, 0.05) is 25.4 Å². The van der Waals surface area contributed by atoms with Crippen LogP contribution in [0.15, 0.2) is 29.3 Å². The third-order valence-corrected chi connectivity index (χ3v) is 1.53. The number of amides is 1. The Bertz CT molecular complexity index is 257. The molecule has 15 heavy (non-hydrogen) atoms. The lowest BCUT2D eigenvalue weighted by Gasteiger charge is -2.05. The van der Waals surface area contributed by atoms with E-state index in [0.717, 1.165) is 12.0 Å². The van der Waals surface area contributed by atoms with E-state index in [1.807, 2.05) is 13.0 Å². The van der Waals surface area contributed by atoms with Gasteiger partial charge in [-0.25, -0.2) is 4.79 Å². The van der Waals surface area contributed by atoms with Crippen LogP contribution in [-0.2, 0) is 4.74 Å². The number of alkyl carbamates (subject to hydrolysis) is 1. The van der Waals surface area contributed by atoms with Crippen LogP contribution in [0.5, 0.6) is 0 Å². The fourth-order valence-corrected chi connectivity index (χ4v) is 0.894. The first kappa shape index (κ1) is 13.4. The summed E-state index contributed by atoms with van der Waals surface area (Å²) < 4.78 is 4.95. The molecule has 0 atom stereocenters. The van der Waals surface area contributed by atoms with Crippen LogP contribution in [0.25, 0.3) is 0 Å². The van der Waals surface area contributed by atoms with Gasteiger partial charge in [-0.05, 0) is 13.3 Å². The van der Waals surface area contributed by atoms with Crippen molar-refractivity contribution in [2.75, 3.05) is 20.2 Å². The van der Waals surface area contributed by atoms with Crippen molar-refractivity contribution in [1.29, 1.82) is 0 Å². The van der Waals surface area contributed by atoms with Crippen molar-refractivity contribution in [2.45, 2.75) is 13.3 Å². The highest BCUT2D eigenvalue weighted by Gasteiger charge is 2.00. The minimum Gasteiger partial charge on any atom is -0.445 e. The molecule has 0 spiro atoms. The monoisotopic (exact) mass is 210 g/mol. The molecule has 84 valence electrons. The first-order valence-corrected chi connectivity index (χ1v) is 4.87. The van der Waals surface area contributed by atoms with Gasteiger partial charge in [0.05, 0.1) is 0 Å². The van der Waals surface area contributed by atoms with E-state index in [9.17, 15) is 4.79 Å². The third-order valence-electron chi connectivity index (χ3n) is 1.53. The van der Waals surface area contributed by atoms with Gasteiger partial charge in [0.2, 0.25) is 0 Å². The average Bonchev–Trinajstić information content (AvgIpc) is 2.22. The maximum Gasteiger partial charge on any atom is 0.407 e. The third kappa shape index (κ3) is 7.49. The minimum atomic E-state index is -0.411. The second-order valence-corrected chi connectivity index (χ2v) is 2.80. The Morgan fingerprint density at radius 1 is 1.60 bits per heavy atom. The van der Waals surface area contributed by atoms with Crippen molar-refractivity contribution >= 4 is 12.3 Å². The van der Waals surface area contributed by atoms with Gasteiger partial charge < -0.3 is 10.1 Å². The summed E-state index contributed by atoms with van der Waals surface area (Å²) in [5, 5.41) is 2.55. The molecule has 1 amide bonds. The normalized spacial score (nSPS) is 11.5. The molecule has 0 aliphatic carbocycles. The van der Waals surface area contributed by atoms with Gasteiger partial charge in [-0.3, -0.25) is 4.99 Å². The summed E-state index contributed by atoms with van der Waals surface area (Å²) >= 11 is 0. The topological polar surface area (TPSA) is 50.7 Å². The summed E-state index contributed by atoms with van der Waals surface area (Å²) in [5.74, 6) is 0. The van der Waals surface area contributed by atoms with E-state index in [-0.39, 0.29) is 6.61 Å². The molecule has 4 heteroatoms. The largest absolute Gasteiger partial charge is 0.445 e. The van der Waals surface area contributed by atoms with E-state index in [4.69, 9.17) is 4.74 Å². The lowest BCUT2D eigenvalue weighted by atomic mass is 10.2. The van der Waals surface area contributed by atoms with Crippen molar-refractivity contribution in [2.24, 2.45) is 4.99 Å². The maximum absolute atomic E-state index is 11.0. The number of hydrogen-bond donors (Lipinski definition) is 1. The van der Waals surface area contributed by atoms with E-state index in [2.05, 4.69) is 16.9 Å². The quantitative estimate of drug-likeness (QED) is 0.538. The van der Waals surface area contributed by atoms with E-state index in [0.29, 0.717) is 6.54 Å². The number of carbonyl (C=O) groups excluding carboxylic acids is 1. The summed E-state index contributed by atoms with van der Waals surface area (Å²) in [4.78, 5) is 14.9. The molecule has 0 saturated carbocycles. The summed E-state index contributed by atoms with van der Waals surface area (Å²) in [6, 6.07) is 0. The number of hydrogen-bond acceptors (Lipinski definition) is 3. The zero-order valence-corrected chi connectivity index (χ0v) is 9.32. The Morgan fingerprint density at radius 3 is 2.87 bits per heavy atom. The molecule has 0 aromatic carbocycles. The van der Waals surface area contributed by atoms with Crippen molar-refractivity contribution in [1.82, 2.24) is 5.32 Å². The Balaban J connectivity index is 4.06. The van der Waals surface area contributed by atoms with Gasteiger partial charge in [-0.15, -0.1) is 6.58 Å². The molecule has 0 aliphatic rings. The van der Waals surface area contributed by atoms with Gasteiger partial charge >= 0.3 is 6.09 Å². The fraction of sp³-hybridized carbons (Fsp3) is 0.455. The lowest BCUT2D eigenvalue weighted by molar-refractivity contribution is 0.157. The van der Waals surface area contributed by atoms with Gasteiger partial charge in [-0.1, -0.05) is 12.2 Å². The second kappa shape index (κ2) is 8.99.